The Morgan fingerprint density at radius 2 is 1.61 bits per heavy atom. The maximum atomic E-state index is 12.1. The van der Waals surface area contributed by atoms with Gasteiger partial charge in [0.15, 0.2) is 6.61 Å². The number of nitrogens with one attached hydrogen (secondary N) is 2. The molecule has 28 heavy (non-hydrogen) atoms. The number of hydrogen-bond donors (Lipinski definition) is 2. The molecular weight excluding hydrogens is 384 g/mol. The molecule has 2 rings (SSSR count). The van der Waals surface area contributed by atoms with Gasteiger partial charge in [-0.2, -0.15) is 0 Å². The number of methoxy groups -OCH3 is 2. The SMILES string of the molecule is COCCNS(=O)(=O)c1ccc(OCC(=O)NCc2ccc(OC)cc2)cc1. The molecule has 2 aromatic rings. The number of benzene rings is 2. The molecule has 0 saturated heterocycles. The molecule has 2 aromatic carbocycles. The van der Waals surface area contributed by atoms with Crippen LogP contribution in [-0.2, 0) is 26.1 Å². The quantitative estimate of drug-likeness (QED) is 0.544. The van der Waals surface area contributed by atoms with Crippen LogP contribution in [0.15, 0.2) is 53.4 Å². The molecule has 0 unspecified atom stereocenters. The summed E-state index contributed by atoms with van der Waals surface area (Å²) in [5.41, 5.74) is 0.935. The lowest BCUT2D eigenvalue weighted by molar-refractivity contribution is -0.123. The Morgan fingerprint density at radius 1 is 0.964 bits per heavy atom. The summed E-state index contributed by atoms with van der Waals surface area (Å²) >= 11 is 0. The molecule has 0 heterocycles. The van der Waals surface area contributed by atoms with Crippen molar-refractivity contribution in [3.05, 3.63) is 54.1 Å². The van der Waals surface area contributed by atoms with E-state index in [0.29, 0.717) is 12.3 Å². The zero-order valence-electron chi connectivity index (χ0n) is 15.8. The van der Waals surface area contributed by atoms with Gasteiger partial charge >= 0.3 is 0 Å². The van der Waals surface area contributed by atoms with Crippen molar-refractivity contribution in [2.45, 2.75) is 11.4 Å². The summed E-state index contributed by atoms with van der Waals surface area (Å²) in [6.45, 7) is 0.669. The molecule has 8 nitrogen and oxygen atoms in total. The van der Waals surface area contributed by atoms with E-state index >= 15 is 0 Å². The van der Waals surface area contributed by atoms with E-state index in [1.165, 1.54) is 31.4 Å². The minimum absolute atomic E-state index is 0.111. The van der Waals surface area contributed by atoms with Crippen LogP contribution in [0.3, 0.4) is 0 Å². The molecule has 0 spiro atoms. The van der Waals surface area contributed by atoms with Gasteiger partial charge in [-0.25, -0.2) is 13.1 Å². The second-order valence-corrected chi connectivity index (χ2v) is 7.54. The highest BCUT2D eigenvalue weighted by molar-refractivity contribution is 7.89. The lowest BCUT2D eigenvalue weighted by atomic mass is 10.2. The number of ether oxygens (including phenoxy) is 3. The van der Waals surface area contributed by atoms with E-state index in [9.17, 15) is 13.2 Å². The smallest absolute Gasteiger partial charge is 0.258 e. The second-order valence-electron chi connectivity index (χ2n) is 5.78. The summed E-state index contributed by atoms with van der Waals surface area (Å²) in [5.74, 6) is 0.863. The first kappa shape index (κ1) is 21.7. The minimum atomic E-state index is -3.60. The predicted octanol–water partition coefficient (Wildman–Crippen LogP) is 1.32. The third-order valence-corrected chi connectivity index (χ3v) is 5.23. The predicted molar refractivity (Wildman–Crippen MR) is 104 cm³/mol. The molecule has 0 fully saturated rings. The van der Waals surface area contributed by atoms with Crippen molar-refractivity contribution in [1.29, 1.82) is 0 Å². The number of sulfonamides is 1. The summed E-state index contributed by atoms with van der Waals surface area (Å²) < 4.78 is 41.8. The molecule has 0 radical (unpaired) electrons. The highest BCUT2D eigenvalue weighted by Crippen LogP contribution is 2.16. The van der Waals surface area contributed by atoms with Gasteiger partial charge in [0.2, 0.25) is 10.0 Å². The highest BCUT2D eigenvalue weighted by Gasteiger charge is 2.13. The number of amides is 1. The molecule has 0 aliphatic carbocycles. The van der Waals surface area contributed by atoms with Crippen molar-refractivity contribution in [3.63, 3.8) is 0 Å². The Kier molecular flexibility index (Phi) is 8.24. The lowest BCUT2D eigenvalue weighted by Crippen LogP contribution is -2.28. The fourth-order valence-electron chi connectivity index (χ4n) is 2.22. The first-order valence-corrected chi connectivity index (χ1v) is 10.0. The summed E-state index contributed by atoms with van der Waals surface area (Å²) in [7, 11) is -0.514. The van der Waals surface area contributed by atoms with Crippen LogP contribution in [0.2, 0.25) is 0 Å². The molecule has 152 valence electrons. The van der Waals surface area contributed by atoms with Crippen LogP contribution in [-0.4, -0.2) is 48.3 Å². The van der Waals surface area contributed by atoms with Crippen molar-refractivity contribution >= 4 is 15.9 Å². The van der Waals surface area contributed by atoms with E-state index in [4.69, 9.17) is 14.2 Å². The normalized spacial score (nSPS) is 11.1. The molecular formula is C19H24N2O6S. The van der Waals surface area contributed by atoms with Crippen LogP contribution >= 0.6 is 0 Å². The first-order valence-electron chi connectivity index (χ1n) is 8.55. The van der Waals surface area contributed by atoms with Crippen molar-refractivity contribution in [2.75, 3.05) is 34.0 Å². The second kappa shape index (κ2) is 10.6. The van der Waals surface area contributed by atoms with E-state index in [0.717, 1.165) is 11.3 Å². The van der Waals surface area contributed by atoms with Crippen molar-refractivity contribution in [1.82, 2.24) is 10.0 Å². The maximum Gasteiger partial charge on any atom is 0.258 e. The van der Waals surface area contributed by atoms with Gasteiger partial charge in [-0.15, -0.1) is 0 Å². The van der Waals surface area contributed by atoms with Crippen molar-refractivity contribution in [2.24, 2.45) is 0 Å². The van der Waals surface area contributed by atoms with Crippen molar-refractivity contribution in [3.8, 4) is 11.5 Å². The Labute approximate surface area is 164 Å². The first-order chi connectivity index (χ1) is 13.4. The van der Waals surface area contributed by atoms with Gasteiger partial charge in [0, 0.05) is 20.2 Å². The average Bonchev–Trinajstić information content (AvgIpc) is 2.71. The van der Waals surface area contributed by atoms with Gasteiger partial charge in [-0.3, -0.25) is 4.79 Å². The minimum Gasteiger partial charge on any atom is -0.497 e. The molecule has 2 N–H and O–H groups in total. The molecule has 0 saturated carbocycles. The van der Waals surface area contributed by atoms with Gasteiger partial charge in [-0.05, 0) is 42.0 Å². The summed E-state index contributed by atoms with van der Waals surface area (Å²) in [6, 6.07) is 13.2. The van der Waals surface area contributed by atoms with Gasteiger partial charge in [0.25, 0.3) is 5.91 Å². The summed E-state index contributed by atoms with van der Waals surface area (Å²) in [4.78, 5) is 12.0. The number of carbonyl (C=O) groups excluding carboxylic acids is 1. The zero-order valence-corrected chi connectivity index (χ0v) is 16.6. The largest absolute Gasteiger partial charge is 0.497 e. The molecule has 0 aliphatic heterocycles. The molecule has 0 bridgehead atoms. The molecule has 0 aromatic heterocycles. The van der Waals surface area contributed by atoms with E-state index < -0.39 is 10.0 Å². The third kappa shape index (κ3) is 6.84. The van der Waals surface area contributed by atoms with Gasteiger partial charge in [0.1, 0.15) is 11.5 Å². The van der Waals surface area contributed by atoms with Crippen LogP contribution in [0, 0.1) is 0 Å². The van der Waals surface area contributed by atoms with Crippen LogP contribution in [0.5, 0.6) is 11.5 Å². The van der Waals surface area contributed by atoms with Crippen LogP contribution in [0.4, 0.5) is 0 Å². The Balaban J connectivity index is 1.79. The van der Waals surface area contributed by atoms with E-state index in [1.807, 2.05) is 24.3 Å². The number of carbonyl (C=O) groups is 1. The molecule has 0 aliphatic rings. The Hall–Kier alpha value is -2.62. The maximum absolute atomic E-state index is 12.1. The fraction of sp³-hybridized carbons (Fsp3) is 0.316. The van der Waals surface area contributed by atoms with Crippen LogP contribution < -0.4 is 19.5 Å². The summed E-state index contributed by atoms with van der Waals surface area (Å²) in [6.07, 6.45) is 0. The highest BCUT2D eigenvalue weighted by atomic mass is 32.2. The van der Waals surface area contributed by atoms with Crippen molar-refractivity contribution < 1.29 is 27.4 Å². The standard InChI is InChI=1S/C19H24N2O6S/c1-25-12-11-21-28(23,24)18-9-7-17(8-10-18)27-14-19(22)20-13-15-3-5-16(26-2)6-4-15/h3-10,21H,11-14H2,1-2H3,(H,20,22). The molecule has 0 atom stereocenters. The number of hydrogen-bond acceptors (Lipinski definition) is 6. The van der Waals surface area contributed by atoms with Crippen LogP contribution in [0.1, 0.15) is 5.56 Å². The monoisotopic (exact) mass is 408 g/mol. The topological polar surface area (TPSA) is 103 Å². The Morgan fingerprint density at radius 3 is 2.21 bits per heavy atom. The van der Waals surface area contributed by atoms with Gasteiger partial charge in [0.05, 0.1) is 18.6 Å². The average molecular weight is 408 g/mol. The van der Waals surface area contributed by atoms with Gasteiger partial charge < -0.3 is 19.5 Å². The van der Waals surface area contributed by atoms with Gasteiger partial charge in [-0.1, -0.05) is 12.1 Å². The number of rotatable bonds is 11. The van der Waals surface area contributed by atoms with Crippen LogP contribution in [0.25, 0.3) is 0 Å². The molecule has 1 amide bonds. The lowest BCUT2D eigenvalue weighted by Gasteiger charge is -2.09. The molecule has 9 heteroatoms. The third-order valence-electron chi connectivity index (χ3n) is 3.75. The Bertz CT molecular complexity index is 851. The summed E-state index contributed by atoms with van der Waals surface area (Å²) in [5, 5.41) is 2.75. The van der Waals surface area contributed by atoms with E-state index in [-0.39, 0.29) is 30.6 Å². The van der Waals surface area contributed by atoms with E-state index in [1.54, 1.807) is 7.11 Å². The van der Waals surface area contributed by atoms with E-state index in [2.05, 4.69) is 10.0 Å². The zero-order chi connectivity index (χ0) is 20.4. The fourth-order valence-corrected chi connectivity index (χ4v) is 3.23.